The number of carbonyl (C=O) groups is 1. The largest absolute Gasteiger partial charge is 0.327 e. The number of benzene rings is 2. The lowest BCUT2D eigenvalue weighted by atomic mass is 10.0. The van der Waals surface area contributed by atoms with Crippen LogP contribution in [0.3, 0.4) is 0 Å². The quantitative estimate of drug-likeness (QED) is 0.856. The Morgan fingerprint density at radius 2 is 1.86 bits per heavy atom. The maximum Gasteiger partial charge on any atom is 0.211 e. The Balaban J connectivity index is 1.75. The normalized spacial score (nSPS) is 13.3. The molecule has 0 atom stereocenters. The molecular formula is C17H16N2O2. The van der Waals surface area contributed by atoms with Gasteiger partial charge < -0.3 is 5.32 Å². The summed E-state index contributed by atoms with van der Waals surface area (Å²) in [5.41, 5.74) is 4.01. The fourth-order valence-corrected chi connectivity index (χ4v) is 2.34. The fraction of sp³-hybridized carbons (Fsp3) is 0.118. The molecule has 106 valence electrons. The van der Waals surface area contributed by atoms with Gasteiger partial charge in [0, 0.05) is 5.56 Å². The van der Waals surface area contributed by atoms with Crippen molar-refractivity contribution in [2.24, 2.45) is 0 Å². The van der Waals surface area contributed by atoms with Crippen molar-refractivity contribution in [2.45, 2.75) is 13.2 Å². The molecule has 2 aromatic rings. The third kappa shape index (κ3) is 3.12. The van der Waals surface area contributed by atoms with Crippen molar-refractivity contribution in [3.8, 4) is 0 Å². The van der Waals surface area contributed by atoms with Crippen LogP contribution in [0.2, 0.25) is 0 Å². The van der Waals surface area contributed by atoms with Gasteiger partial charge in [-0.3, -0.25) is 14.7 Å². The number of amides is 1. The lowest BCUT2D eigenvalue weighted by molar-refractivity contribution is -0.139. The highest BCUT2D eigenvalue weighted by atomic mass is 16.7. The number of fused-ring (bicyclic) bond motifs is 1. The SMILES string of the molecule is O=CNC1=CN(OCc2ccccc2)Cc2ccccc21. The van der Waals surface area contributed by atoms with E-state index in [1.807, 2.05) is 60.8 Å². The van der Waals surface area contributed by atoms with Crippen LogP contribution < -0.4 is 5.32 Å². The number of hydroxylamine groups is 2. The smallest absolute Gasteiger partial charge is 0.211 e. The van der Waals surface area contributed by atoms with Crippen LogP contribution >= 0.6 is 0 Å². The predicted octanol–water partition coefficient (Wildman–Crippen LogP) is 2.68. The van der Waals surface area contributed by atoms with Crippen molar-refractivity contribution in [3.05, 3.63) is 77.5 Å². The minimum absolute atomic E-state index is 0.494. The molecule has 1 heterocycles. The lowest BCUT2D eigenvalue weighted by Gasteiger charge is -2.27. The third-order valence-electron chi connectivity index (χ3n) is 3.36. The van der Waals surface area contributed by atoms with Gasteiger partial charge in [0.1, 0.15) is 0 Å². The molecule has 2 aromatic carbocycles. The van der Waals surface area contributed by atoms with Crippen molar-refractivity contribution >= 4 is 12.1 Å². The maximum absolute atomic E-state index is 10.8. The molecule has 0 saturated heterocycles. The van der Waals surface area contributed by atoms with Crippen LogP contribution in [0.25, 0.3) is 5.70 Å². The third-order valence-corrected chi connectivity index (χ3v) is 3.36. The molecule has 3 rings (SSSR count). The molecule has 0 aromatic heterocycles. The summed E-state index contributed by atoms with van der Waals surface area (Å²) in [7, 11) is 0. The molecule has 4 heteroatoms. The molecule has 1 amide bonds. The average Bonchev–Trinajstić information content (AvgIpc) is 2.54. The van der Waals surface area contributed by atoms with E-state index >= 15 is 0 Å². The molecule has 0 bridgehead atoms. The molecule has 0 unspecified atom stereocenters. The van der Waals surface area contributed by atoms with Crippen LogP contribution in [0, 0.1) is 0 Å². The van der Waals surface area contributed by atoms with Crippen molar-refractivity contribution < 1.29 is 9.63 Å². The first-order chi connectivity index (χ1) is 10.4. The number of nitrogens with zero attached hydrogens (tertiary/aromatic N) is 1. The Hall–Kier alpha value is -2.59. The first kappa shape index (κ1) is 13.4. The zero-order valence-electron chi connectivity index (χ0n) is 11.5. The van der Waals surface area contributed by atoms with Gasteiger partial charge in [-0.15, -0.1) is 0 Å². The molecule has 0 spiro atoms. The molecule has 0 radical (unpaired) electrons. The Bertz CT molecular complexity index is 653. The van der Waals surface area contributed by atoms with Gasteiger partial charge in [-0.25, -0.2) is 0 Å². The van der Waals surface area contributed by atoms with Crippen molar-refractivity contribution in [1.82, 2.24) is 10.4 Å². The molecule has 0 aliphatic carbocycles. The molecule has 1 aliphatic rings. The van der Waals surface area contributed by atoms with Crippen molar-refractivity contribution in [2.75, 3.05) is 0 Å². The van der Waals surface area contributed by atoms with E-state index in [2.05, 4.69) is 5.32 Å². The molecule has 21 heavy (non-hydrogen) atoms. The first-order valence-electron chi connectivity index (χ1n) is 6.80. The van der Waals surface area contributed by atoms with Crippen LogP contribution in [-0.2, 0) is 22.8 Å². The Kier molecular flexibility index (Phi) is 3.98. The van der Waals surface area contributed by atoms with Crippen LogP contribution in [0.15, 0.2) is 60.8 Å². The zero-order valence-corrected chi connectivity index (χ0v) is 11.5. The number of hydrogen-bond donors (Lipinski definition) is 1. The Morgan fingerprint density at radius 1 is 1.10 bits per heavy atom. The minimum Gasteiger partial charge on any atom is -0.327 e. The van der Waals surface area contributed by atoms with E-state index in [0.717, 1.165) is 22.4 Å². The maximum atomic E-state index is 10.8. The highest BCUT2D eigenvalue weighted by molar-refractivity contribution is 5.76. The van der Waals surface area contributed by atoms with E-state index in [9.17, 15) is 4.79 Å². The summed E-state index contributed by atoms with van der Waals surface area (Å²) in [5.74, 6) is 0. The Labute approximate surface area is 123 Å². The van der Waals surface area contributed by atoms with Gasteiger partial charge in [0.25, 0.3) is 0 Å². The van der Waals surface area contributed by atoms with Gasteiger partial charge in [0.2, 0.25) is 6.41 Å². The topological polar surface area (TPSA) is 41.6 Å². The molecule has 0 saturated carbocycles. The first-order valence-corrected chi connectivity index (χ1v) is 6.80. The molecule has 1 N–H and O–H groups in total. The van der Waals surface area contributed by atoms with Gasteiger partial charge in [-0.05, 0) is 11.1 Å². The van der Waals surface area contributed by atoms with Gasteiger partial charge >= 0.3 is 0 Å². The van der Waals surface area contributed by atoms with Crippen LogP contribution in [0.5, 0.6) is 0 Å². The summed E-state index contributed by atoms with van der Waals surface area (Å²) in [4.78, 5) is 16.6. The lowest BCUT2D eigenvalue weighted by Crippen LogP contribution is -2.26. The standard InChI is InChI=1S/C17H16N2O2/c20-13-18-17-11-19(10-15-8-4-5-9-16(15)17)21-12-14-6-2-1-3-7-14/h1-9,11,13H,10,12H2,(H,18,20). The highest BCUT2D eigenvalue weighted by Gasteiger charge is 2.17. The van der Waals surface area contributed by atoms with E-state index in [1.54, 1.807) is 5.06 Å². The number of rotatable bonds is 5. The molecule has 4 nitrogen and oxygen atoms in total. The second-order valence-electron chi connectivity index (χ2n) is 4.80. The van der Waals surface area contributed by atoms with E-state index in [1.165, 1.54) is 0 Å². The van der Waals surface area contributed by atoms with Gasteiger partial charge in [-0.1, -0.05) is 54.6 Å². The monoisotopic (exact) mass is 280 g/mol. The summed E-state index contributed by atoms with van der Waals surface area (Å²) < 4.78 is 0. The van der Waals surface area contributed by atoms with E-state index in [-0.39, 0.29) is 0 Å². The van der Waals surface area contributed by atoms with Crippen LogP contribution in [0.1, 0.15) is 16.7 Å². The summed E-state index contributed by atoms with van der Waals surface area (Å²) in [6.07, 6.45) is 2.50. The van der Waals surface area contributed by atoms with Crippen molar-refractivity contribution in [3.63, 3.8) is 0 Å². The van der Waals surface area contributed by atoms with Crippen molar-refractivity contribution in [1.29, 1.82) is 0 Å². The van der Waals surface area contributed by atoms with E-state index < -0.39 is 0 Å². The van der Waals surface area contributed by atoms with Crippen LogP contribution in [0.4, 0.5) is 0 Å². The van der Waals surface area contributed by atoms with Gasteiger partial charge in [-0.2, -0.15) is 0 Å². The summed E-state index contributed by atoms with van der Waals surface area (Å²) in [5, 5.41) is 4.48. The second kappa shape index (κ2) is 6.24. The number of hydrogen-bond acceptors (Lipinski definition) is 3. The second-order valence-corrected chi connectivity index (χ2v) is 4.80. The Morgan fingerprint density at radius 3 is 2.67 bits per heavy atom. The van der Waals surface area contributed by atoms with Gasteiger partial charge in [0.05, 0.1) is 25.0 Å². The van der Waals surface area contributed by atoms with Crippen LogP contribution in [-0.4, -0.2) is 11.5 Å². The summed E-state index contributed by atoms with van der Waals surface area (Å²) in [6, 6.07) is 18.0. The van der Waals surface area contributed by atoms with E-state index in [4.69, 9.17) is 4.84 Å². The minimum atomic E-state index is 0.494. The fourth-order valence-electron chi connectivity index (χ4n) is 2.34. The number of carbonyl (C=O) groups excluding carboxylic acids is 1. The molecular weight excluding hydrogens is 264 g/mol. The average molecular weight is 280 g/mol. The highest BCUT2D eigenvalue weighted by Crippen LogP contribution is 2.25. The number of nitrogens with one attached hydrogen (secondary N) is 1. The summed E-state index contributed by atoms with van der Waals surface area (Å²) in [6.45, 7) is 1.15. The predicted molar refractivity (Wildman–Crippen MR) is 80.4 cm³/mol. The summed E-state index contributed by atoms with van der Waals surface area (Å²) >= 11 is 0. The van der Waals surface area contributed by atoms with E-state index in [0.29, 0.717) is 19.6 Å². The molecule has 1 aliphatic heterocycles. The van der Waals surface area contributed by atoms with Gasteiger partial charge in [0.15, 0.2) is 0 Å². The zero-order chi connectivity index (χ0) is 14.5. The molecule has 0 fully saturated rings.